The molecule has 0 saturated heterocycles. The van der Waals surface area contributed by atoms with E-state index in [0.717, 1.165) is 11.1 Å². The minimum atomic E-state index is -0.221. The standard InChI is InChI=1S/C18H17FN2/c19-17-7-3-4-13(10-17)11-18(21-20)16-9-8-14-5-1-2-6-15(14)12-16/h1-10,12,18,21H,11,20H2. The molecule has 106 valence electrons. The van der Waals surface area contributed by atoms with Crippen LogP contribution in [-0.4, -0.2) is 0 Å². The number of nitrogens with one attached hydrogen (secondary N) is 1. The monoisotopic (exact) mass is 280 g/mol. The lowest BCUT2D eigenvalue weighted by Gasteiger charge is -2.17. The molecule has 0 amide bonds. The number of fused-ring (bicyclic) bond motifs is 1. The van der Waals surface area contributed by atoms with Crippen LogP contribution in [0.3, 0.4) is 0 Å². The van der Waals surface area contributed by atoms with Gasteiger partial charge in [-0.1, -0.05) is 48.5 Å². The van der Waals surface area contributed by atoms with Gasteiger partial charge in [0.15, 0.2) is 0 Å². The average molecular weight is 280 g/mol. The van der Waals surface area contributed by atoms with Gasteiger partial charge in [0.05, 0.1) is 6.04 Å². The molecule has 1 atom stereocenters. The number of hydrogen-bond donors (Lipinski definition) is 2. The zero-order chi connectivity index (χ0) is 14.7. The third-order valence-corrected chi connectivity index (χ3v) is 3.71. The summed E-state index contributed by atoms with van der Waals surface area (Å²) in [7, 11) is 0. The molecule has 3 heteroatoms. The molecule has 21 heavy (non-hydrogen) atoms. The van der Waals surface area contributed by atoms with Crippen LogP contribution in [0.4, 0.5) is 4.39 Å². The van der Waals surface area contributed by atoms with Gasteiger partial charge in [-0.3, -0.25) is 11.3 Å². The van der Waals surface area contributed by atoms with Crippen molar-refractivity contribution in [2.24, 2.45) is 5.84 Å². The lowest BCUT2D eigenvalue weighted by atomic mass is 9.97. The molecule has 0 aliphatic heterocycles. The van der Waals surface area contributed by atoms with Crippen LogP contribution in [-0.2, 0) is 6.42 Å². The summed E-state index contributed by atoms with van der Waals surface area (Å²) in [5.41, 5.74) is 4.85. The Kier molecular flexibility index (Phi) is 3.95. The van der Waals surface area contributed by atoms with Gasteiger partial charge in [0, 0.05) is 0 Å². The Balaban J connectivity index is 1.90. The van der Waals surface area contributed by atoms with E-state index in [9.17, 15) is 4.39 Å². The minimum Gasteiger partial charge on any atom is -0.271 e. The molecule has 0 spiro atoms. The van der Waals surface area contributed by atoms with Gasteiger partial charge in [-0.15, -0.1) is 0 Å². The van der Waals surface area contributed by atoms with Crippen molar-refractivity contribution < 1.29 is 4.39 Å². The predicted molar refractivity (Wildman–Crippen MR) is 84.1 cm³/mol. The highest BCUT2D eigenvalue weighted by atomic mass is 19.1. The third-order valence-electron chi connectivity index (χ3n) is 3.71. The highest BCUT2D eigenvalue weighted by Gasteiger charge is 2.11. The Morgan fingerprint density at radius 1 is 0.905 bits per heavy atom. The maximum absolute atomic E-state index is 13.3. The fourth-order valence-corrected chi connectivity index (χ4v) is 2.60. The second-order valence-electron chi connectivity index (χ2n) is 5.16. The van der Waals surface area contributed by atoms with E-state index in [1.165, 1.54) is 16.8 Å². The van der Waals surface area contributed by atoms with E-state index in [1.54, 1.807) is 12.1 Å². The van der Waals surface area contributed by atoms with Crippen molar-refractivity contribution >= 4 is 10.8 Å². The van der Waals surface area contributed by atoms with Crippen molar-refractivity contribution in [2.45, 2.75) is 12.5 Å². The SMILES string of the molecule is NNC(Cc1cccc(F)c1)c1ccc2ccccc2c1. The fraction of sp³-hybridized carbons (Fsp3) is 0.111. The fourth-order valence-electron chi connectivity index (χ4n) is 2.60. The first-order valence-electron chi connectivity index (χ1n) is 6.95. The maximum atomic E-state index is 13.3. The lowest BCUT2D eigenvalue weighted by molar-refractivity contribution is 0.549. The highest BCUT2D eigenvalue weighted by molar-refractivity contribution is 5.83. The average Bonchev–Trinajstić information content (AvgIpc) is 2.52. The van der Waals surface area contributed by atoms with Crippen molar-refractivity contribution in [3.05, 3.63) is 83.7 Å². The van der Waals surface area contributed by atoms with Crippen molar-refractivity contribution in [1.82, 2.24) is 5.43 Å². The summed E-state index contributed by atoms with van der Waals surface area (Å²) in [6, 6.07) is 21.0. The molecule has 3 N–H and O–H groups in total. The molecule has 0 bridgehead atoms. The number of hydrogen-bond acceptors (Lipinski definition) is 2. The Labute approximate surface area is 123 Å². The molecule has 3 aromatic rings. The topological polar surface area (TPSA) is 38.0 Å². The van der Waals surface area contributed by atoms with Gasteiger partial charge in [-0.05, 0) is 46.5 Å². The van der Waals surface area contributed by atoms with E-state index in [1.807, 2.05) is 18.2 Å². The van der Waals surface area contributed by atoms with Gasteiger partial charge in [-0.25, -0.2) is 4.39 Å². The van der Waals surface area contributed by atoms with Crippen LogP contribution in [0, 0.1) is 5.82 Å². The van der Waals surface area contributed by atoms with Gasteiger partial charge >= 0.3 is 0 Å². The van der Waals surface area contributed by atoms with Crippen molar-refractivity contribution in [3.63, 3.8) is 0 Å². The number of hydrazine groups is 1. The highest BCUT2D eigenvalue weighted by Crippen LogP contribution is 2.23. The predicted octanol–water partition coefficient (Wildman–Crippen LogP) is 3.73. The summed E-state index contributed by atoms with van der Waals surface area (Å²) < 4.78 is 13.3. The summed E-state index contributed by atoms with van der Waals surface area (Å²) in [5.74, 6) is 5.47. The van der Waals surface area contributed by atoms with Crippen LogP contribution < -0.4 is 11.3 Å². The Morgan fingerprint density at radius 2 is 1.71 bits per heavy atom. The molecule has 2 nitrogen and oxygen atoms in total. The van der Waals surface area contributed by atoms with Crippen LogP contribution in [0.15, 0.2) is 66.7 Å². The summed E-state index contributed by atoms with van der Waals surface area (Å²) in [4.78, 5) is 0. The molecule has 1 unspecified atom stereocenters. The number of benzene rings is 3. The van der Waals surface area contributed by atoms with E-state index in [2.05, 4.69) is 35.8 Å². The number of halogens is 1. The number of rotatable bonds is 4. The lowest BCUT2D eigenvalue weighted by Crippen LogP contribution is -2.29. The van der Waals surface area contributed by atoms with E-state index in [0.29, 0.717) is 6.42 Å². The van der Waals surface area contributed by atoms with E-state index < -0.39 is 0 Å². The molecular weight excluding hydrogens is 263 g/mol. The third kappa shape index (κ3) is 3.10. The molecule has 0 aliphatic rings. The summed E-state index contributed by atoms with van der Waals surface area (Å²) in [6.45, 7) is 0. The molecule has 0 radical (unpaired) electrons. The molecular formula is C18H17FN2. The van der Waals surface area contributed by atoms with Crippen molar-refractivity contribution in [3.8, 4) is 0 Å². The van der Waals surface area contributed by atoms with E-state index in [-0.39, 0.29) is 11.9 Å². The molecule has 0 heterocycles. The van der Waals surface area contributed by atoms with Gasteiger partial charge < -0.3 is 0 Å². The number of nitrogens with two attached hydrogens (primary N) is 1. The quantitative estimate of drug-likeness (QED) is 0.564. The zero-order valence-corrected chi connectivity index (χ0v) is 11.6. The van der Waals surface area contributed by atoms with Crippen LogP contribution in [0.5, 0.6) is 0 Å². The van der Waals surface area contributed by atoms with Crippen LogP contribution >= 0.6 is 0 Å². The second-order valence-corrected chi connectivity index (χ2v) is 5.16. The second kappa shape index (κ2) is 6.04. The van der Waals surface area contributed by atoms with Gasteiger partial charge in [0.25, 0.3) is 0 Å². The van der Waals surface area contributed by atoms with E-state index in [4.69, 9.17) is 5.84 Å². The molecule has 3 rings (SSSR count). The normalized spacial score (nSPS) is 12.5. The summed E-state index contributed by atoms with van der Waals surface area (Å²) >= 11 is 0. The molecule has 3 aromatic carbocycles. The molecule has 0 saturated carbocycles. The van der Waals surface area contributed by atoms with Crippen molar-refractivity contribution in [1.29, 1.82) is 0 Å². The smallest absolute Gasteiger partial charge is 0.123 e. The zero-order valence-electron chi connectivity index (χ0n) is 11.6. The molecule has 0 fully saturated rings. The Hall–Kier alpha value is -2.23. The summed E-state index contributed by atoms with van der Waals surface area (Å²) in [6.07, 6.45) is 0.645. The van der Waals surface area contributed by atoms with Crippen LogP contribution in [0.1, 0.15) is 17.2 Å². The largest absolute Gasteiger partial charge is 0.271 e. The first-order valence-corrected chi connectivity index (χ1v) is 6.95. The van der Waals surface area contributed by atoms with Gasteiger partial charge in [0.2, 0.25) is 0 Å². The van der Waals surface area contributed by atoms with Crippen molar-refractivity contribution in [2.75, 3.05) is 0 Å². The Bertz CT molecular complexity index is 755. The summed E-state index contributed by atoms with van der Waals surface area (Å²) in [5, 5.41) is 2.37. The minimum absolute atomic E-state index is 0.0450. The van der Waals surface area contributed by atoms with Gasteiger partial charge in [0.1, 0.15) is 5.82 Å². The van der Waals surface area contributed by atoms with Crippen LogP contribution in [0.25, 0.3) is 10.8 Å². The Morgan fingerprint density at radius 3 is 2.48 bits per heavy atom. The van der Waals surface area contributed by atoms with E-state index >= 15 is 0 Å². The molecule has 0 aliphatic carbocycles. The maximum Gasteiger partial charge on any atom is 0.123 e. The van der Waals surface area contributed by atoms with Crippen LogP contribution in [0.2, 0.25) is 0 Å². The first-order chi connectivity index (χ1) is 10.3. The van der Waals surface area contributed by atoms with Gasteiger partial charge in [-0.2, -0.15) is 0 Å². The molecule has 0 aromatic heterocycles. The first kappa shape index (κ1) is 13.7.